The fourth-order valence-electron chi connectivity index (χ4n) is 1.05. The van der Waals surface area contributed by atoms with Crippen LogP contribution >= 0.6 is 0 Å². The van der Waals surface area contributed by atoms with E-state index in [0.717, 1.165) is 6.07 Å². The highest BCUT2D eigenvalue weighted by Crippen LogP contribution is 2.25. The maximum atomic E-state index is 10.7. The van der Waals surface area contributed by atoms with Crippen molar-refractivity contribution < 1.29 is 9.72 Å². The number of nitro groups is 1. The highest BCUT2D eigenvalue weighted by atomic mass is 16.6. The van der Waals surface area contributed by atoms with E-state index in [-0.39, 0.29) is 16.9 Å². The van der Waals surface area contributed by atoms with Gasteiger partial charge in [-0.2, -0.15) is 5.26 Å². The molecule has 0 radical (unpaired) electrons. The van der Waals surface area contributed by atoms with Gasteiger partial charge in [0.05, 0.1) is 16.6 Å². The lowest BCUT2D eigenvalue weighted by atomic mass is 10.2. The average molecular weight is 205 g/mol. The highest BCUT2D eigenvalue weighted by Gasteiger charge is 2.15. The first-order valence-corrected chi connectivity index (χ1v) is 4.00. The fourth-order valence-corrected chi connectivity index (χ4v) is 1.05. The van der Waals surface area contributed by atoms with Crippen molar-refractivity contribution >= 4 is 17.3 Å². The zero-order chi connectivity index (χ0) is 11.4. The maximum Gasteiger partial charge on any atom is 0.294 e. The van der Waals surface area contributed by atoms with Crippen molar-refractivity contribution in [2.45, 2.75) is 6.92 Å². The van der Waals surface area contributed by atoms with Crippen molar-refractivity contribution in [2.24, 2.45) is 0 Å². The summed E-state index contributed by atoms with van der Waals surface area (Å²) in [6.45, 7) is 1.25. The first-order valence-electron chi connectivity index (χ1n) is 4.00. The molecule has 1 N–H and O–H groups in total. The lowest BCUT2D eigenvalue weighted by molar-refractivity contribution is -0.383. The molecule has 0 heterocycles. The van der Waals surface area contributed by atoms with E-state index in [0.29, 0.717) is 0 Å². The van der Waals surface area contributed by atoms with Crippen molar-refractivity contribution in [1.82, 2.24) is 0 Å². The molecule has 1 rings (SSSR count). The summed E-state index contributed by atoms with van der Waals surface area (Å²) in [5.74, 6) is -0.400. The number of amides is 1. The molecule has 15 heavy (non-hydrogen) atoms. The lowest BCUT2D eigenvalue weighted by Gasteiger charge is -2.02. The van der Waals surface area contributed by atoms with Crippen molar-refractivity contribution in [3.63, 3.8) is 0 Å². The van der Waals surface area contributed by atoms with Crippen molar-refractivity contribution in [3.05, 3.63) is 33.9 Å². The molecule has 1 aromatic rings. The molecule has 0 bridgehead atoms. The van der Waals surface area contributed by atoms with Crippen LogP contribution < -0.4 is 5.32 Å². The zero-order valence-electron chi connectivity index (χ0n) is 7.85. The molecule has 0 spiro atoms. The van der Waals surface area contributed by atoms with E-state index in [1.807, 2.05) is 0 Å². The van der Waals surface area contributed by atoms with Crippen LogP contribution in [0.15, 0.2) is 18.2 Å². The number of anilines is 1. The van der Waals surface area contributed by atoms with Gasteiger partial charge in [0.15, 0.2) is 0 Å². The molecule has 0 fully saturated rings. The van der Waals surface area contributed by atoms with Gasteiger partial charge in [-0.05, 0) is 12.1 Å². The number of benzene rings is 1. The number of rotatable bonds is 2. The van der Waals surface area contributed by atoms with Gasteiger partial charge in [0.25, 0.3) is 5.69 Å². The summed E-state index contributed by atoms with van der Waals surface area (Å²) in [5.41, 5.74) is -0.0217. The molecule has 76 valence electrons. The van der Waals surface area contributed by atoms with Gasteiger partial charge >= 0.3 is 0 Å². The summed E-state index contributed by atoms with van der Waals surface area (Å²) < 4.78 is 0. The summed E-state index contributed by atoms with van der Waals surface area (Å²) in [5, 5.41) is 21.5. The number of carbonyl (C=O) groups excluding carboxylic acids is 1. The molecule has 6 heteroatoms. The van der Waals surface area contributed by atoms with E-state index in [1.165, 1.54) is 19.1 Å². The molecule has 0 aliphatic rings. The standard InChI is InChI=1S/C9H7N3O3/c1-6(13)11-8-3-2-7(5-10)4-9(8)12(14)15/h2-4H,1H3,(H,11,13). The third-order valence-electron chi connectivity index (χ3n) is 1.63. The Morgan fingerprint density at radius 1 is 1.60 bits per heavy atom. The normalized spacial score (nSPS) is 9.07. The first kappa shape index (κ1) is 10.7. The second-order valence-electron chi connectivity index (χ2n) is 2.78. The Kier molecular flexibility index (Phi) is 2.98. The van der Waals surface area contributed by atoms with E-state index in [4.69, 9.17) is 5.26 Å². The second kappa shape index (κ2) is 4.19. The Hall–Kier alpha value is -2.42. The van der Waals surface area contributed by atoms with Gasteiger partial charge in [-0.1, -0.05) is 0 Å². The average Bonchev–Trinajstić information content (AvgIpc) is 2.17. The monoisotopic (exact) mass is 205 g/mol. The van der Waals surface area contributed by atoms with E-state index >= 15 is 0 Å². The topological polar surface area (TPSA) is 96.0 Å². The molecule has 0 unspecified atom stereocenters. The SMILES string of the molecule is CC(=O)Nc1ccc(C#N)cc1[N+](=O)[O-]. The molecule has 0 aromatic heterocycles. The molecular weight excluding hydrogens is 198 g/mol. The zero-order valence-corrected chi connectivity index (χ0v) is 7.85. The van der Waals surface area contributed by atoms with E-state index in [2.05, 4.69) is 5.32 Å². The minimum atomic E-state index is -0.647. The number of nitro benzene ring substituents is 1. The van der Waals surface area contributed by atoms with Crippen LogP contribution in [-0.2, 0) is 4.79 Å². The predicted octanol–water partition coefficient (Wildman–Crippen LogP) is 1.42. The molecule has 0 atom stereocenters. The van der Waals surface area contributed by atoms with Gasteiger partial charge in [0.2, 0.25) is 5.91 Å². The van der Waals surface area contributed by atoms with Gasteiger partial charge in [0, 0.05) is 13.0 Å². The van der Waals surface area contributed by atoms with Crippen LogP contribution in [0.2, 0.25) is 0 Å². The number of nitriles is 1. The Balaban J connectivity index is 3.22. The molecule has 6 nitrogen and oxygen atoms in total. The van der Waals surface area contributed by atoms with Crippen molar-refractivity contribution in [2.75, 3.05) is 5.32 Å². The number of nitrogens with zero attached hydrogens (tertiary/aromatic N) is 2. The number of carbonyl (C=O) groups is 1. The fraction of sp³-hybridized carbons (Fsp3) is 0.111. The van der Waals surface area contributed by atoms with Gasteiger partial charge in [-0.3, -0.25) is 14.9 Å². The van der Waals surface area contributed by atoms with Crippen LogP contribution in [-0.4, -0.2) is 10.8 Å². The van der Waals surface area contributed by atoms with Gasteiger partial charge in [-0.15, -0.1) is 0 Å². The number of nitrogens with one attached hydrogen (secondary N) is 1. The Bertz CT molecular complexity index is 462. The minimum Gasteiger partial charge on any atom is -0.321 e. The van der Waals surface area contributed by atoms with E-state index in [9.17, 15) is 14.9 Å². The molecular formula is C9H7N3O3. The molecule has 1 aromatic carbocycles. The third kappa shape index (κ3) is 2.51. The summed E-state index contributed by atoms with van der Waals surface area (Å²) in [4.78, 5) is 20.7. The Morgan fingerprint density at radius 3 is 2.73 bits per heavy atom. The maximum absolute atomic E-state index is 10.7. The second-order valence-corrected chi connectivity index (χ2v) is 2.78. The Labute approximate surface area is 85.3 Å². The quantitative estimate of drug-likeness (QED) is 0.583. The van der Waals surface area contributed by atoms with Crippen LogP contribution in [0.4, 0.5) is 11.4 Å². The summed E-state index contributed by atoms with van der Waals surface area (Å²) >= 11 is 0. The molecule has 0 aliphatic heterocycles. The van der Waals surface area contributed by atoms with Crippen LogP contribution in [0.3, 0.4) is 0 Å². The summed E-state index contributed by atoms with van der Waals surface area (Å²) in [6.07, 6.45) is 0. The Morgan fingerprint density at radius 2 is 2.27 bits per heavy atom. The first-order chi connectivity index (χ1) is 7.04. The third-order valence-corrected chi connectivity index (χ3v) is 1.63. The van der Waals surface area contributed by atoms with Crippen LogP contribution in [0.1, 0.15) is 12.5 Å². The van der Waals surface area contributed by atoms with Crippen LogP contribution in [0.5, 0.6) is 0 Å². The van der Waals surface area contributed by atoms with Gasteiger partial charge in [0.1, 0.15) is 5.69 Å². The van der Waals surface area contributed by atoms with E-state index in [1.54, 1.807) is 6.07 Å². The predicted molar refractivity (Wildman–Crippen MR) is 52.1 cm³/mol. The highest BCUT2D eigenvalue weighted by molar-refractivity contribution is 5.91. The molecule has 1 amide bonds. The molecule has 0 saturated heterocycles. The van der Waals surface area contributed by atoms with Crippen LogP contribution in [0, 0.1) is 21.4 Å². The van der Waals surface area contributed by atoms with Crippen molar-refractivity contribution in [3.8, 4) is 6.07 Å². The van der Waals surface area contributed by atoms with Crippen molar-refractivity contribution in [1.29, 1.82) is 5.26 Å². The molecule has 0 saturated carbocycles. The minimum absolute atomic E-state index is 0.0894. The van der Waals surface area contributed by atoms with Crippen LogP contribution in [0.25, 0.3) is 0 Å². The number of hydrogen-bond acceptors (Lipinski definition) is 4. The van der Waals surface area contributed by atoms with Gasteiger partial charge in [-0.25, -0.2) is 0 Å². The van der Waals surface area contributed by atoms with Gasteiger partial charge < -0.3 is 5.32 Å². The number of hydrogen-bond donors (Lipinski definition) is 1. The van der Waals surface area contributed by atoms with E-state index < -0.39 is 10.8 Å². The molecule has 0 aliphatic carbocycles. The smallest absolute Gasteiger partial charge is 0.294 e. The lowest BCUT2D eigenvalue weighted by Crippen LogP contribution is -2.08. The summed E-state index contributed by atoms with van der Waals surface area (Å²) in [7, 11) is 0. The largest absolute Gasteiger partial charge is 0.321 e. The summed E-state index contributed by atoms with van der Waals surface area (Å²) in [6, 6.07) is 5.63.